The molecule has 0 bridgehead atoms. The number of imide groups is 1. The number of nitrogens with one attached hydrogen (secondary N) is 1. The maximum atomic E-state index is 13.1. The Hall–Kier alpha value is -2.89. The van der Waals surface area contributed by atoms with Crippen molar-refractivity contribution < 1.29 is 19.1 Å². The summed E-state index contributed by atoms with van der Waals surface area (Å²) in [5, 5.41) is 4.97. The Balaban J connectivity index is 1.43. The second-order valence-corrected chi connectivity index (χ2v) is 9.56. The van der Waals surface area contributed by atoms with Crippen molar-refractivity contribution >= 4 is 28.7 Å². The van der Waals surface area contributed by atoms with Crippen molar-refractivity contribution in [2.24, 2.45) is 11.3 Å². The number of carbonyl (C=O) groups is 3. The molecule has 0 unspecified atom stereocenters. The average molecular weight is 408 g/mol. The smallest absolute Gasteiger partial charge is 0.326 e. The van der Waals surface area contributed by atoms with Gasteiger partial charge in [0, 0.05) is 0 Å². The van der Waals surface area contributed by atoms with Gasteiger partial charge in [-0.3, -0.25) is 14.5 Å². The quantitative estimate of drug-likeness (QED) is 0.612. The first-order valence-electron chi connectivity index (χ1n) is 10.5. The van der Waals surface area contributed by atoms with Gasteiger partial charge < -0.3 is 10.1 Å². The Labute approximate surface area is 176 Å². The lowest BCUT2D eigenvalue weighted by Crippen LogP contribution is -2.54. The molecule has 0 aromatic heterocycles. The number of esters is 1. The molecule has 30 heavy (non-hydrogen) atoms. The van der Waals surface area contributed by atoms with Gasteiger partial charge in [-0.15, -0.1) is 0 Å². The van der Waals surface area contributed by atoms with Gasteiger partial charge in [0.05, 0.1) is 0 Å². The van der Waals surface area contributed by atoms with Crippen molar-refractivity contribution in [3.05, 3.63) is 48.0 Å². The molecule has 2 aromatic rings. The minimum absolute atomic E-state index is 0.0501. The third-order valence-corrected chi connectivity index (χ3v) is 6.18. The summed E-state index contributed by atoms with van der Waals surface area (Å²) in [6.45, 7) is 6.06. The molecular weight excluding hydrogens is 380 g/mol. The molecule has 2 aromatic carbocycles. The maximum absolute atomic E-state index is 13.1. The van der Waals surface area contributed by atoms with E-state index in [1.165, 1.54) is 0 Å². The molecule has 1 spiro atoms. The average Bonchev–Trinajstić information content (AvgIpc) is 2.88. The lowest BCUT2D eigenvalue weighted by atomic mass is 9.64. The van der Waals surface area contributed by atoms with Gasteiger partial charge in [0.25, 0.3) is 5.91 Å². The van der Waals surface area contributed by atoms with Crippen LogP contribution in [-0.4, -0.2) is 34.9 Å². The van der Waals surface area contributed by atoms with E-state index in [0.717, 1.165) is 27.7 Å². The Kier molecular flexibility index (Phi) is 5.04. The second kappa shape index (κ2) is 7.42. The summed E-state index contributed by atoms with van der Waals surface area (Å²) in [5.41, 5.74) is -0.0717. The third-order valence-electron chi connectivity index (χ3n) is 6.18. The van der Waals surface area contributed by atoms with E-state index in [-0.39, 0.29) is 24.5 Å². The zero-order valence-corrected chi connectivity index (χ0v) is 17.7. The van der Waals surface area contributed by atoms with Gasteiger partial charge in [-0.25, -0.2) is 4.79 Å². The van der Waals surface area contributed by atoms with E-state index < -0.39 is 17.5 Å². The molecule has 158 valence electrons. The number of fused-ring (bicyclic) bond motifs is 1. The summed E-state index contributed by atoms with van der Waals surface area (Å²) in [6.07, 6.45) is 2.18. The largest absolute Gasteiger partial charge is 0.459 e. The van der Waals surface area contributed by atoms with Crippen LogP contribution in [0.5, 0.6) is 0 Å². The molecule has 2 aliphatic rings. The van der Waals surface area contributed by atoms with E-state index >= 15 is 0 Å². The summed E-state index contributed by atoms with van der Waals surface area (Å²) in [5.74, 6) is -0.586. The zero-order valence-electron chi connectivity index (χ0n) is 17.7. The van der Waals surface area contributed by atoms with Crippen LogP contribution in [0, 0.1) is 11.3 Å². The fourth-order valence-corrected chi connectivity index (χ4v) is 5.40. The van der Waals surface area contributed by atoms with E-state index in [4.69, 9.17) is 4.74 Å². The van der Waals surface area contributed by atoms with Crippen LogP contribution in [0.3, 0.4) is 0 Å². The highest BCUT2D eigenvalue weighted by Crippen LogP contribution is 2.46. The molecule has 0 radical (unpaired) electrons. The Morgan fingerprint density at radius 3 is 2.63 bits per heavy atom. The molecule has 3 amide bonds. The number of nitrogens with zero attached hydrogens (tertiary/aromatic N) is 1. The van der Waals surface area contributed by atoms with Crippen molar-refractivity contribution in [1.82, 2.24) is 10.2 Å². The van der Waals surface area contributed by atoms with Gasteiger partial charge in [-0.2, -0.15) is 0 Å². The normalized spacial score (nSPS) is 25.6. The Bertz CT molecular complexity index is 1010. The molecule has 4 rings (SSSR count). The molecule has 1 aliphatic carbocycles. The number of ether oxygens (including phenoxy) is 1. The van der Waals surface area contributed by atoms with Crippen molar-refractivity contribution in [3.63, 3.8) is 0 Å². The van der Waals surface area contributed by atoms with E-state index in [0.29, 0.717) is 18.8 Å². The van der Waals surface area contributed by atoms with Gasteiger partial charge >= 0.3 is 12.0 Å². The van der Waals surface area contributed by atoms with Crippen molar-refractivity contribution in [3.8, 4) is 0 Å². The summed E-state index contributed by atoms with van der Waals surface area (Å²) in [6, 6.07) is 13.2. The van der Waals surface area contributed by atoms with E-state index in [2.05, 4.69) is 26.1 Å². The van der Waals surface area contributed by atoms with Gasteiger partial charge in [-0.1, -0.05) is 63.2 Å². The lowest BCUT2D eigenvalue weighted by Gasteiger charge is -2.43. The predicted molar refractivity (Wildman–Crippen MR) is 114 cm³/mol. The van der Waals surface area contributed by atoms with Gasteiger partial charge in [0.2, 0.25) is 0 Å². The molecule has 2 atom stereocenters. The first kappa shape index (κ1) is 20.4. The van der Waals surface area contributed by atoms with E-state index in [1.54, 1.807) is 0 Å². The third kappa shape index (κ3) is 3.78. The monoisotopic (exact) mass is 408 g/mol. The molecule has 1 N–H and O–H groups in total. The molecule has 2 fully saturated rings. The van der Waals surface area contributed by atoms with Crippen LogP contribution in [-0.2, 0) is 20.9 Å². The highest BCUT2D eigenvalue weighted by molar-refractivity contribution is 6.08. The van der Waals surface area contributed by atoms with Crippen LogP contribution in [0.25, 0.3) is 10.8 Å². The highest BCUT2D eigenvalue weighted by Gasteiger charge is 2.56. The standard InChI is InChI=1S/C24H28N2O4/c1-16-11-23(2,3)15-24(12-16)21(28)26(22(29)25-24)13-20(27)30-14-18-9-6-8-17-7-4-5-10-19(17)18/h4-10,16H,11-15H2,1-3H3,(H,25,29)/t16-,24-/m0/s1. The predicted octanol–water partition coefficient (Wildman–Crippen LogP) is 4.02. The first-order chi connectivity index (χ1) is 14.2. The summed E-state index contributed by atoms with van der Waals surface area (Å²) in [7, 11) is 0. The van der Waals surface area contributed by atoms with Crippen LogP contribution >= 0.6 is 0 Å². The summed E-state index contributed by atoms with van der Waals surface area (Å²) >= 11 is 0. The lowest BCUT2D eigenvalue weighted by molar-refractivity contribution is -0.149. The van der Waals surface area contributed by atoms with Crippen LogP contribution < -0.4 is 5.32 Å². The molecular formula is C24H28N2O4. The fourth-order valence-electron chi connectivity index (χ4n) is 5.40. The van der Waals surface area contributed by atoms with Crippen LogP contribution in [0.4, 0.5) is 4.79 Å². The van der Waals surface area contributed by atoms with Crippen molar-refractivity contribution in [2.75, 3.05) is 6.54 Å². The number of benzene rings is 2. The van der Waals surface area contributed by atoms with Crippen LogP contribution in [0.15, 0.2) is 42.5 Å². The number of amides is 3. The summed E-state index contributed by atoms with van der Waals surface area (Å²) < 4.78 is 5.42. The zero-order chi connectivity index (χ0) is 21.5. The van der Waals surface area contributed by atoms with Crippen molar-refractivity contribution in [2.45, 2.75) is 52.2 Å². The van der Waals surface area contributed by atoms with Crippen LogP contribution in [0.2, 0.25) is 0 Å². The van der Waals surface area contributed by atoms with Gasteiger partial charge in [0.15, 0.2) is 0 Å². The van der Waals surface area contributed by atoms with Gasteiger partial charge in [0.1, 0.15) is 18.7 Å². The molecule has 1 saturated carbocycles. The topological polar surface area (TPSA) is 75.7 Å². The Morgan fingerprint density at radius 2 is 1.87 bits per heavy atom. The number of urea groups is 1. The molecule has 1 aliphatic heterocycles. The number of hydrogen-bond donors (Lipinski definition) is 1. The molecule has 1 heterocycles. The molecule has 1 saturated heterocycles. The summed E-state index contributed by atoms with van der Waals surface area (Å²) in [4.78, 5) is 39.2. The van der Waals surface area contributed by atoms with E-state index in [1.807, 2.05) is 42.5 Å². The number of hydrogen-bond acceptors (Lipinski definition) is 4. The van der Waals surface area contributed by atoms with Crippen LogP contribution in [0.1, 0.15) is 45.6 Å². The maximum Gasteiger partial charge on any atom is 0.326 e. The molecule has 6 heteroatoms. The highest BCUT2D eigenvalue weighted by atomic mass is 16.5. The second-order valence-electron chi connectivity index (χ2n) is 9.56. The Morgan fingerprint density at radius 1 is 1.13 bits per heavy atom. The minimum Gasteiger partial charge on any atom is -0.459 e. The fraction of sp³-hybridized carbons (Fsp3) is 0.458. The van der Waals surface area contributed by atoms with E-state index in [9.17, 15) is 14.4 Å². The first-order valence-corrected chi connectivity index (χ1v) is 10.5. The van der Waals surface area contributed by atoms with Crippen molar-refractivity contribution in [1.29, 1.82) is 0 Å². The van der Waals surface area contributed by atoms with Gasteiger partial charge in [-0.05, 0) is 46.9 Å². The number of carbonyl (C=O) groups excluding carboxylic acids is 3. The SMILES string of the molecule is C[C@H]1CC(C)(C)C[C@]2(C1)NC(=O)N(CC(=O)OCc1cccc3ccccc13)C2=O. The number of rotatable bonds is 4. The minimum atomic E-state index is -0.909. The molecule has 6 nitrogen and oxygen atoms in total.